The van der Waals surface area contributed by atoms with Crippen LogP contribution in [0.15, 0.2) is 23.7 Å². The van der Waals surface area contributed by atoms with Crippen LogP contribution in [-0.4, -0.2) is 24.1 Å². The predicted octanol–water partition coefficient (Wildman–Crippen LogP) is 2.30. The molecule has 1 aromatic rings. The molecule has 94 valence electrons. The molecule has 1 rings (SSSR count). The fourth-order valence-electron chi connectivity index (χ4n) is 1.36. The van der Waals surface area contributed by atoms with Gasteiger partial charge in [0.1, 0.15) is 5.01 Å². The Kier molecular flexibility index (Phi) is 5.86. The van der Waals surface area contributed by atoms with Crippen molar-refractivity contribution in [2.45, 2.75) is 26.3 Å². The molecule has 1 atom stereocenters. The van der Waals surface area contributed by atoms with E-state index < -0.39 is 0 Å². The summed E-state index contributed by atoms with van der Waals surface area (Å²) in [5.74, 6) is -0.339. The second-order valence-electron chi connectivity index (χ2n) is 3.54. The first-order valence-electron chi connectivity index (χ1n) is 5.66. The van der Waals surface area contributed by atoms with Gasteiger partial charge >= 0.3 is 5.97 Å². The molecule has 1 aromatic heterocycles. The van der Waals surface area contributed by atoms with E-state index in [1.54, 1.807) is 24.5 Å². The van der Waals surface area contributed by atoms with Crippen molar-refractivity contribution in [2.24, 2.45) is 0 Å². The molecule has 0 fully saturated rings. The second kappa shape index (κ2) is 7.19. The lowest BCUT2D eigenvalue weighted by molar-refractivity contribution is -0.138. The summed E-state index contributed by atoms with van der Waals surface area (Å²) in [4.78, 5) is 15.6. The largest absolute Gasteiger partial charge is 0.463 e. The van der Waals surface area contributed by atoms with Gasteiger partial charge < -0.3 is 10.1 Å². The maximum atomic E-state index is 11.4. The minimum absolute atomic E-state index is 0.168. The van der Waals surface area contributed by atoms with E-state index in [4.69, 9.17) is 4.74 Å². The van der Waals surface area contributed by atoms with E-state index in [9.17, 15) is 4.79 Å². The molecule has 4 nitrogen and oxygen atoms in total. The number of hydrogen-bond donors (Lipinski definition) is 1. The van der Waals surface area contributed by atoms with Gasteiger partial charge in [-0.2, -0.15) is 0 Å². The fourth-order valence-corrected chi connectivity index (χ4v) is 2.16. The Morgan fingerprint density at radius 3 is 2.94 bits per heavy atom. The average Bonchev–Trinajstić information content (AvgIpc) is 2.83. The molecule has 0 radical (unpaired) electrons. The SMILES string of the molecule is C=C(CNC(CC)c1nccs1)C(=O)OCC. The molecule has 1 N–H and O–H groups in total. The van der Waals surface area contributed by atoms with Gasteiger partial charge in [-0.15, -0.1) is 11.3 Å². The van der Waals surface area contributed by atoms with E-state index >= 15 is 0 Å². The first kappa shape index (κ1) is 13.9. The molecule has 17 heavy (non-hydrogen) atoms. The zero-order chi connectivity index (χ0) is 12.7. The first-order valence-corrected chi connectivity index (χ1v) is 6.54. The maximum Gasteiger partial charge on any atom is 0.334 e. The highest BCUT2D eigenvalue weighted by Crippen LogP contribution is 2.18. The topological polar surface area (TPSA) is 51.2 Å². The third kappa shape index (κ3) is 4.28. The second-order valence-corrected chi connectivity index (χ2v) is 4.46. The summed E-state index contributed by atoms with van der Waals surface area (Å²) in [7, 11) is 0. The molecule has 0 bridgehead atoms. The zero-order valence-corrected chi connectivity index (χ0v) is 11.0. The highest BCUT2D eigenvalue weighted by molar-refractivity contribution is 7.09. The molecule has 0 amide bonds. The monoisotopic (exact) mass is 254 g/mol. The van der Waals surface area contributed by atoms with Crippen molar-refractivity contribution >= 4 is 17.3 Å². The van der Waals surface area contributed by atoms with E-state index in [1.165, 1.54) is 0 Å². The van der Waals surface area contributed by atoms with Gasteiger partial charge in [0.15, 0.2) is 0 Å². The summed E-state index contributed by atoms with van der Waals surface area (Å²) < 4.78 is 4.87. The summed E-state index contributed by atoms with van der Waals surface area (Å²) in [6, 6.07) is 0.168. The normalized spacial score (nSPS) is 12.1. The van der Waals surface area contributed by atoms with Gasteiger partial charge in [0.2, 0.25) is 0 Å². The number of esters is 1. The fraction of sp³-hybridized carbons (Fsp3) is 0.500. The van der Waals surface area contributed by atoms with Crippen LogP contribution in [0, 0.1) is 0 Å². The highest BCUT2D eigenvalue weighted by atomic mass is 32.1. The van der Waals surface area contributed by atoms with Crippen molar-refractivity contribution in [3.63, 3.8) is 0 Å². The van der Waals surface area contributed by atoms with Crippen LogP contribution in [0.1, 0.15) is 31.3 Å². The summed E-state index contributed by atoms with van der Waals surface area (Å²) in [6.07, 6.45) is 2.70. The van der Waals surface area contributed by atoms with E-state index in [0.29, 0.717) is 18.7 Å². The molecular formula is C12H18N2O2S. The van der Waals surface area contributed by atoms with Crippen LogP contribution >= 0.6 is 11.3 Å². The van der Waals surface area contributed by atoms with Crippen LogP contribution < -0.4 is 5.32 Å². The molecule has 0 aliphatic heterocycles. The Morgan fingerprint density at radius 1 is 1.65 bits per heavy atom. The van der Waals surface area contributed by atoms with Crippen molar-refractivity contribution in [1.29, 1.82) is 0 Å². The number of hydrogen-bond acceptors (Lipinski definition) is 5. The van der Waals surface area contributed by atoms with E-state index in [1.807, 2.05) is 5.38 Å². The van der Waals surface area contributed by atoms with Crippen molar-refractivity contribution in [1.82, 2.24) is 10.3 Å². The number of nitrogens with zero attached hydrogens (tertiary/aromatic N) is 1. The summed E-state index contributed by atoms with van der Waals surface area (Å²) >= 11 is 1.61. The first-order chi connectivity index (χ1) is 8.19. The van der Waals surface area contributed by atoms with Crippen molar-refractivity contribution in [3.8, 4) is 0 Å². The van der Waals surface area contributed by atoms with Crippen molar-refractivity contribution in [3.05, 3.63) is 28.7 Å². The van der Waals surface area contributed by atoms with E-state index in [2.05, 4.69) is 23.8 Å². The van der Waals surface area contributed by atoms with Gasteiger partial charge in [0.05, 0.1) is 12.6 Å². The number of rotatable bonds is 7. The van der Waals surface area contributed by atoms with Crippen LogP contribution in [0.4, 0.5) is 0 Å². The summed E-state index contributed by atoms with van der Waals surface area (Å²) in [5.41, 5.74) is 0.446. The van der Waals surface area contributed by atoms with Crippen LogP contribution in [0.3, 0.4) is 0 Å². The molecule has 0 spiro atoms. The standard InChI is InChI=1S/C12H18N2O2S/c1-4-10(11-13-6-7-17-11)14-8-9(3)12(15)16-5-2/h6-7,10,14H,3-5,8H2,1-2H3. The molecule has 0 aliphatic rings. The van der Waals surface area contributed by atoms with E-state index in [-0.39, 0.29) is 12.0 Å². The third-order valence-electron chi connectivity index (χ3n) is 2.28. The molecule has 1 unspecified atom stereocenters. The van der Waals surface area contributed by atoms with Crippen LogP contribution in [-0.2, 0) is 9.53 Å². The number of carbonyl (C=O) groups is 1. The lowest BCUT2D eigenvalue weighted by Gasteiger charge is -2.14. The highest BCUT2D eigenvalue weighted by Gasteiger charge is 2.14. The lowest BCUT2D eigenvalue weighted by Crippen LogP contribution is -2.26. The molecule has 0 aromatic carbocycles. The quantitative estimate of drug-likeness (QED) is 0.599. The number of carbonyl (C=O) groups excluding carboxylic acids is 1. The Balaban J connectivity index is 2.43. The number of ether oxygens (including phenoxy) is 1. The predicted molar refractivity (Wildman–Crippen MR) is 68.9 cm³/mol. The smallest absolute Gasteiger partial charge is 0.334 e. The number of nitrogens with one attached hydrogen (secondary N) is 1. The molecule has 0 saturated carbocycles. The van der Waals surface area contributed by atoms with Gasteiger partial charge in [-0.3, -0.25) is 0 Å². The molecule has 0 saturated heterocycles. The average molecular weight is 254 g/mol. The van der Waals surface area contributed by atoms with Crippen LogP contribution in [0.2, 0.25) is 0 Å². The maximum absolute atomic E-state index is 11.4. The van der Waals surface area contributed by atoms with Gasteiger partial charge in [-0.1, -0.05) is 13.5 Å². The van der Waals surface area contributed by atoms with Gasteiger partial charge in [-0.25, -0.2) is 9.78 Å². The Bertz CT molecular complexity index is 363. The molecule has 0 aliphatic carbocycles. The van der Waals surface area contributed by atoms with Crippen molar-refractivity contribution in [2.75, 3.05) is 13.2 Å². The number of aromatic nitrogens is 1. The Labute approximate surface area is 106 Å². The van der Waals surface area contributed by atoms with Gasteiger partial charge in [0.25, 0.3) is 0 Å². The lowest BCUT2D eigenvalue weighted by atomic mass is 10.2. The Morgan fingerprint density at radius 2 is 2.41 bits per heavy atom. The van der Waals surface area contributed by atoms with Crippen molar-refractivity contribution < 1.29 is 9.53 Å². The van der Waals surface area contributed by atoms with Crippen LogP contribution in [0.25, 0.3) is 0 Å². The third-order valence-corrected chi connectivity index (χ3v) is 3.17. The zero-order valence-electron chi connectivity index (χ0n) is 10.2. The minimum atomic E-state index is -0.339. The summed E-state index contributed by atoms with van der Waals surface area (Å²) in [6.45, 7) is 8.37. The Hall–Kier alpha value is -1.20. The molecule has 5 heteroatoms. The van der Waals surface area contributed by atoms with Crippen LogP contribution in [0.5, 0.6) is 0 Å². The molecule has 1 heterocycles. The minimum Gasteiger partial charge on any atom is -0.463 e. The van der Waals surface area contributed by atoms with E-state index in [0.717, 1.165) is 11.4 Å². The van der Waals surface area contributed by atoms with Gasteiger partial charge in [0, 0.05) is 23.7 Å². The van der Waals surface area contributed by atoms with Gasteiger partial charge in [-0.05, 0) is 13.3 Å². The summed E-state index contributed by atoms with van der Waals surface area (Å²) in [5, 5.41) is 6.23. The molecular weight excluding hydrogens is 236 g/mol. The number of thiazole rings is 1.